The molecule has 5 heteroatoms. The summed E-state index contributed by atoms with van der Waals surface area (Å²) < 4.78 is 19.7. The van der Waals surface area contributed by atoms with Crippen molar-refractivity contribution in [1.29, 1.82) is 0 Å². The number of Topliss-reactive ketones (excluding diaryl/α,β-unsaturated/α-hetero) is 1. The zero-order chi connectivity index (χ0) is 22.0. The Bertz CT molecular complexity index is 646. The molecule has 0 atom stereocenters. The van der Waals surface area contributed by atoms with Crippen molar-refractivity contribution in [3.05, 3.63) is 54.4 Å². The zero-order valence-corrected chi connectivity index (χ0v) is 18.6. The molecule has 0 heterocycles. The van der Waals surface area contributed by atoms with Crippen LogP contribution in [-0.2, 0) is 0 Å². The Balaban J connectivity index is 2.26. The van der Waals surface area contributed by atoms with Crippen LogP contribution in [0.25, 0.3) is 0 Å². The molecular weight excluding hydrogens is 379 g/mol. The molecule has 0 spiro atoms. The molecule has 0 saturated carbocycles. The third-order valence-electron chi connectivity index (χ3n) is 4.97. The number of rotatable bonds is 18. The highest BCUT2D eigenvalue weighted by molar-refractivity contribution is 5.96. The highest BCUT2D eigenvalue weighted by Crippen LogP contribution is 2.20. The Morgan fingerprint density at radius 2 is 1.73 bits per heavy atom. The molecular formula is C25H39FN2O2. The molecule has 0 bridgehead atoms. The second-order valence-electron chi connectivity index (χ2n) is 7.73. The van der Waals surface area contributed by atoms with Crippen LogP contribution < -0.4 is 10.5 Å². The largest absolute Gasteiger partial charge is 0.486 e. The van der Waals surface area contributed by atoms with Crippen molar-refractivity contribution < 1.29 is 13.9 Å². The number of carbonyl (C=O) groups is 1. The second-order valence-corrected chi connectivity index (χ2v) is 7.73. The van der Waals surface area contributed by atoms with Crippen molar-refractivity contribution in [2.75, 3.05) is 33.3 Å². The Morgan fingerprint density at radius 1 is 1.07 bits per heavy atom. The first-order valence-corrected chi connectivity index (χ1v) is 11.2. The normalized spacial score (nSPS) is 11.3. The minimum atomic E-state index is -0.490. The molecule has 168 valence electrons. The lowest BCUT2D eigenvalue weighted by molar-refractivity contribution is 0.0978. The standard InChI is InChI=1S/C25H39FN2O2/c1-3-18-28(2)19-12-13-20-30-25-16-15-22(21-23(25)26)24(29)14-10-8-6-4-5-7-9-11-17-27/h3,12-13,15-16,21H,1,4-11,14,17-20,27H2,2H3. The summed E-state index contributed by atoms with van der Waals surface area (Å²) in [5.41, 5.74) is 5.90. The van der Waals surface area contributed by atoms with E-state index in [0.29, 0.717) is 18.6 Å². The molecule has 30 heavy (non-hydrogen) atoms. The van der Waals surface area contributed by atoms with Crippen molar-refractivity contribution in [3.8, 4) is 5.75 Å². The van der Waals surface area contributed by atoms with Crippen molar-refractivity contribution >= 4 is 5.78 Å². The van der Waals surface area contributed by atoms with Gasteiger partial charge in [-0.2, -0.15) is 0 Å². The van der Waals surface area contributed by atoms with E-state index in [1.54, 1.807) is 12.1 Å². The number of nitrogens with two attached hydrogens (primary N) is 1. The number of hydrogen-bond donors (Lipinski definition) is 1. The van der Waals surface area contributed by atoms with Gasteiger partial charge in [-0.3, -0.25) is 9.69 Å². The maximum absolute atomic E-state index is 14.2. The molecule has 2 N–H and O–H groups in total. The first kappa shape index (κ1) is 26.1. The highest BCUT2D eigenvalue weighted by Gasteiger charge is 2.10. The first-order chi connectivity index (χ1) is 14.6. The van der Waals surface area contributed by atoms with Gasteiger partial charge in [0, 0.05) is 25.1 Å². The monoisotopic (exact) mass is 418 g/mol. The van der Waals surface area contributed by atoms with Gasteiger partial charge in [0.1, 0.15) is 6.61 Å². The third kappa shape index (κ3) is 11.9. The van der Waals surface area contributed by atoms with E-state index in [4.69, 9.17) is 10.5 Å². The van der Waals surface area contributed by atoms with Crippen LogP contribution in [0.2, 0.25) is 0 Å². The third-order valence-corrected chi connectivity index (χ3v) is 4.97. The summed E-state index contributed by atoms with van der Waals surface area (Å²) in [6.45, 7) is 6.35. The molecule has 0 unspecified atom stereocenters. The molecule has 1 rings (SSSR count). The Labute approximate surface area is 182 Å². The molecule has 0 aromatic heterocycles. The van der Waals surface area contributed by atoms with E-state index in [1.165, 1.54) is 31.7 Å². The van der Waals surface area contributed by atoms with Gasteiger partial charge >= 0.3 is 0 Å². The van der Waals surface area contributed by atoms with Gasteiger partial charge in [-0.1, -0.05) is 56.8 Å². The minimum Gasteiger partial charge on any atom is -0.486 e. The molecule has 1 aromatic carbocycles. The highest BCUT2D eigenvalue weighted by atomic mass is 19.1. The molecule has 0 aliphatic rings. The number of halogens is 1. The van der Waals surface area contributed by atoms with E-state index < -0.39 is 5.82 Å². The van der Waals surface area contributed by atoms with Crippen LogP contribution in [0.15, 0.2) is 43.0 Å². The Hall–Kier alpha value is -1.98. The van der Waals surface area contributed by atoms with Crippen LogP contribution in [0, 0.1) is 5.82 Å². The molecule has 0 aliphatic carbocycles. The summed E-state index contributed by atoms with van der Waals surface area (Å²) in [5.74, 6) is -0.325. The minimum absolute atomic E-state index is 0.00597. The zero-order valence-electron chi connectivity index (χ0n) is 18.6. The molecule has 4 nitrogen and oxygen atoms in total. The summed E-state index contributed by atoms with van der Waals surface area (Å²) in [6, 6.07) is 4.48. The number of likely N-dealkylation sites (N-methyl/N-ethyl adjacent to an activating group) is 1. The van der Waals surface area contributed by atoms with Crippen LogP contribution in [0.3, 0.4) is 0 Å². The predicted molar refractivity (Wildman–Crippen MR) is 124 cm³/mol. The lowest BCUT2D eigenvalue weighted by Gasteiger charge is -2.10. The number of nitrogens with zero attached hydrogens (tertiary/aromatic N) is 1. The Morgan fingerprint density at radius 3 is 2.37 bits per heavy atom. The molecule has 0 radical (unpaired) electrons. The second kappa shape index (κ2) is 16.8. The molecule has 0 aliphatic heterocycles. The number of benzene rings is 1. The van der Waals surface area contributed by atoms with Crippen molar-refractivity contribution in [2.45, 2.75) is 57.8 Å². The van der Waals surface area contributed by atoms with E-state index in [-0.39, 0.29) is 11.5 Å². The molecule has 0 fully saturated rings. The van der Waals surface area contributed by atoms with E-state index in [1.807, 2.05) is 25.3 Å². The summed E-state index contributed by atoms with van der Waals surface area (Å²) in [5, 5.41) is 0. The summed E-state index contributed by atoms with van der Waals surface area (Å²) in [7, 11) is 1.99. The van der Waals surface area contributed by atoms with Crippen LogP contribution in [0.1, 0.15) is 68.1 Å². The number of unbranched alkanes of at least 4 members (excludes halogenated alkanes) is 7. The fraction of sp³-hybridized carbons (Fsp3) is 0.560. The predicted octanol–water partition coefficient (Wildman–Crippen LogP) is 5.53. The summed E-state index contributed by atoms with van der Waals surface area (Å²) >= 11 is 0. The topological polar surface area (TPSA) is 55.6 Å². The maximum atomic E-state index is 14.2. The van der Waals surface area contributed by atoms with Crippen molar-refractivity contribution in [2.24, 2.45) is 5.73 Å². The number of carbonyl (C=O) groups excluding carboxylic acids is 1. The smallest absolute Gasteiger partial charge is 0.165 e. The van der Waals surface area contributed by atoms with Gasteiger partial charge < -0.3 is 10.5 Å². The fourth-order valence-electron chi connectivity index (χ4n) is 3.18. The van der Waals surface area contributed by atoms with Crippen molar-refractivity contribution in [3.63, 3.8) is 0 Å². The molecule has 0 amide bonds. The summed E-state index contributed by atoms with van der Waals surface area (Å²) in [6.07, 6.45) is 15.2. The van der Waals surface area contributed by atoms with Crippen LogP contribution in [0.5, 0.6) is 5.75 Å². The molecule has 1 aromatic rings. The van der Waals surface area contributed by atoms with Crippen molar-refractivity contribution in [1.82, 2.24) is 4.90 Å². The average Bonchev–Trinajstić information content (AvgIpc) is 2.73. The fourth-order valence-corrected chi connectivity index (χ4v) is 3.18. The molecule has 0 saturated heterocycles. The number of ether oxygens (including phenoxy) is 1. The Kier molecular flexibility index (Phi) is 14.6. The van der Waals surface area contributed by atoms with Gasteiger partial charge in [0.2, 0.25) is 0 Å². The average molecular weight is 419 g/mol. The van der Waals surface area contributed by atoms with Gasteiger partial charge in [-0.15, -0.1) is 6.58 Å². The lowest BCUT2D eigenvalue weighted by atomic mass is 10.0. The van der Waals surface area contributed by atoms with E-state index in [9.17, 15) is 9.18 Å². The van der Waals surface area contributed by atoms with Crippen LogP contribution >= 0.6 is 0 Å². The van der Waals surface area contributed by atoms with Gasteiger partial charge in [-0.05, 0) is 44.6 Å². The van der Waals surface area contributed by atoms with E-state index in [0.717, 1.165) is 45.3 Å². The van der Waals surface area contributed by atoms with Gasteiger partial charge in [0.05, 0.1) is 0 Å². The first-order valence-electron chi connectivity index (χ1n) is 11.2. The van der Waals surface area contributed by atoms with Gasteiger partial charge in [-0.25, -0.2) is 4.39 Å². The van der Waals surface area contributed by atoms with Crippen LogP contribution in [0.4, 0.5) is 4.39 Å². The van der Waals surface area contributed by atoms with E-state index in [2.05, 4.69) is 11.5 Å². The number of hydrogen-bond acceptors (Lipinski definition) is 4. The lowest BCUT2D eigenvalue weighted by Crippen LogP contribution is -2.17. The quantitative estimate of drug-likeness (QED) is 0.193. The van der Waals surface area contributed by atoms with E-state index >= 15 is 0 Å². The van der Waals surface area contributed by atoms with Crippen LogP contribution in [-0.4, -0.2) is 44.0 Å². The van der Waals surface area contributed by atoms with Gasteiger partial charge in [0.25, 0.3) is 0 Å². The maximum Gasteiger partial charge on any atom is 0.165 e. The SMILES string of the molecule is C=CCN(C)CC=CCOc1ccc(C(=O)CCCCCCCCCCN)cc1F. The summed E-state index contributed by atoms with van der Waals surface area (Å²) in [4.78, 5) is 14.4. The number of ketones is 1. The van der Waals surface area contributed by atoms with Gasteiger partial charge in [0.15, 0.2) is 17.3 Å².